The molecule has 0 radical (unpaired) electrons. The van der Waals surface area contributed by atoms with Crippen LogP contribution in [0.5, 0.6) is 5.75 Å². The molecule has 0 saturated carbocycles. The minimum atomic E-state index is -1.43. The van der Waals surface area contributed by atoms with Crippen molar-refractivity contribution >= 4 is 35.0 Å². The second-order valence-electron chi connectivity index (χ2n) is 9.74. The molecule has 1 heterocycles. The summed E-state index contributed by atoms with van der Waals surface area (Å²) >= 11 is 12.3. The van der Waals surface area contributed by atoms with Gasteiger partial charge in [0.2, 0.25) is 5.90 Å². The third-order valence-corrected chi connectivity index (χ3v) is 7.45. The molecular weight excluding hydrogens is 591 g/mol. The van der Waals surface area contributed by atoms with Gasteiger partial charge in [-0.3, -0.25) is 10.2 Å². The average molecular weight is 624 g/mol. The number of halogens is 2. The summed E-state index contributed by atoms with van der Waals surface area (Å²) in [5, 5.41) is 13.8. The van der Waals surface area contributed by atoms with Crippen molar-refractivity contribution in [3.8, 4) is 5.75 Å². The van der Waals surface area contributed by atoms with Gasteiger partial charge in [0.05, 0.1) is 13.2 Å². The highest BCUT2D eigenvalue weighted by Crippen LogP contribution is 2.44. The molecule has 1 aliphatic rings. The monoisotopic (exact) mass is 622 g/mol. The number of nitrogens with zero attached hydrogens (tertiary/aromatic N) is 4. The van der Waals surface area contributed by atoms with E-state index >= 15 is 0 Å². The number of aliphatic hydroxyl groups excluding tert-OH is 1. The fraction of sp³-hybridized carbons (Fsp3) is 0.290. The Bertz CT molecular complexity index is 1510. The molecule has 0 unspecified atom stereocenters. The van der Waals surface area contributed by atoms with Crippen molar-refractivity contribution < 1.29 is 19.4 Å². The Hall–Kier alpha value is -4.05. The molecule has 43 heavy (non-hydrogen) atoms. The zero-order chi connectivity index (χ0) is 30.7. The number of carbonyl (C=O) groups is 1. The predicted molar refractivity (Wildman–Crippen MR) is 167 cm³/mol. The summed E-state index contributed by atoms with van der Waals surface area (Å²) in [6.45, 7) is 4.80. The fourth-order valence-corrected chi connectivity index (χ4v) is 5.23. The number of carbonyl (C=O) groups excluding carboxylic acids is 1. The normalized spacial score (nSPS) is 17.4. The Morgan fingerprint density at radius 3 is 2.70 bits per heavy atom. The molecule has 0 aromatic heterocycles. The number of ether oxygens (including phenoxy) is 2. The summed E-state index contributed by atoms with van der Waals surface area (Å²) < 4.78 is 12.1. The maximum Gasteiger partial charge on any atom is 0.266 e. The zero-order valence-corrected chi connectivity index (χ0v) is 24.9. The van der Waals surface area contributed by atoms with Gasteiger partial charge in [-0.25, -0.2) is 10.4 Å². The van der Waals surface area contributed by atoms with Crippen LogP contribution < -0.4 is 15.6 Å². The third-order valence-electron chi connectivity index (χ3n) is 6.86. The van der Waals surface area contributed by atoms with Crippen LogP contribution in [-0.2, 0) is 22.5 Å². The molecule has 10 nitrogen and oxygen atoms in total. The van der Waals surface area contributed by atoms with E-state index in [0.29, 0.717) is 58.5 Å². The number of azide groups is 1. The molecule has 3 aromatic carbocycles. The van der Waals surface area contributed by atoms with Crippen LogP contribution in [0.2, 0.25) is 10.0 Å². The number of nitrogens with one attached hydrogen (secondary N) is 2. The number of aliphatic hydroxyl groups is 1. The number of hydrogen-bond donors (Lipinski definition) is 3. The van der Waals surface area contributed by atoms with E-state index in [2.05, 4.69) is 27.5 Å². The second kappa shape index (κ2) is 15.4. The first-order valence-electron chi connectivity index (χ1n) is 13.7. The van der Waals surface area contributed by atoms with Gasteiger partial charge >= 0.3 is 0 Å². The van der Waals surface area contributed by atoms with Crippen molar-refractivity contribution in [1.29, 1.82) is 0 Å². The standard InChI is InChI=1S/C31H32Cl2N6O4/c1-2-15-31(30(41)38-35-16-14-21-8-11-24(32)19-27(21)33)28(26-7-4-3-6-23(26)20-36-39-34)43-29(37-31)22-9-12-25(13-10-22)42-18-5-17-40/h2-4,6-13,19,28,35,40H,1,5,14-18,20H2,(H,38,41)/t28-,31-/m0/s1. The van der Waals surface area contributed by atoms with Crippen molar-refractivity contribution in [2.75, 3.05) is 19.8 Å². The molecule has 0 saturated heterocycles. The summed E-state index contributed by atoms with van der Waals surface area (Å²) in [7, 11) is 0. The van der Waals surface area contributed by atoms with Gasteiger partial charge < -0.3 is 14.6 Å². The summed E-state index contributed by atoms with van der Waals surface area (Å²) in [5.41, 5.74) is 16.2. The summed E-state index contributed by atoms with van der Waals surface area (Å²) in [6, 6.07) is 19.8. The SMILES string of the molecule is C=CC[C@]1(C(=O)NNCCc2ccc(Cl)cc2Cl)N=C(c2ccc(OCCCO)cc2)O[C@H]1c1ccccc1CN=[N+]=[N-]. The first-order chi connectivity index (χ1) is 20.9. The van der Waals surface area contributed by atoms with E-state index in [1.54, 1.807) is 42.5 Å². The smallest absolute Gasteiger partial charge is 0.266 e. The quantitative estimate of drug-likeness (QED) is 0.0458. The number of rotatable bonds is 15. The second-order valence-corrected chi connectivity index (χ2v) is 10.6. The van der Waals surface area contributed by atoms with E-state index in [-0.39, 0.29) is 25.5 Å². The number of aliphatic imine (C=N–C) groups is 1. The van der Waals surface area contributed by atoms with Gasteiger partial charge in [0.1, 0.15) is 5.75 Å². The largest absolute Gasteiger partial charge is 0.494 e. The van der Waals surface area contributed by atoms with Crippen molar-refractivity contribution in [2.45, 2.75) is 37.5 Å². The van der Waals surface area contributed by atoms with Crippen LogP contribution in [-0.4, -0.2) is 42.2 Å². The summed E-state index contributed by atoms with van der Waals surface area (Å²) in [4.78, 5) is 21.8. The van der Waals surface area contributed by atoms with Crippen molar-refractivity contribution in [2.24, 2.45) is 10.1 Å². The van der Waals surface area contributed by atoms with E-state index in [1.165, 1.54) is 0 Å². The van der Waals surface area contributed by atoms with Crippen molar-refractivity contribution in [3.05, 3.63) is 122 Å². The Balaban J connectivity index is 1.63. The number of hydrazine groups is 1. The molecule has 0 bridgehead atoms. The van der Waals surface area contributed by atoms with Gasteiger partial charge in [0.15, 0.2) is 11.6 Å². The van der Waals surface area contributed by atoms with Gasteiger partial charge in [0.25, 0.3) is 5.91 Å². The van der Waals surface area contributed by atoms with Crippen LogP contribution >= 0.6 is 23.2 Å². The van der Waals surface area contributed by atoms with E-state index < -0.39 is 17.6 Å². The molecule has 224 valence electrons. The summed E-state index contributed by atoms with van der Waals surface area (Å²) in [6.07, 6.45) is 2.01. The molecule has 1 amide bonds. The lowest BCUT2D eigenvalue weighted by molar-refractivity contribution is -0.129. The highest BCUT2D eigenvalue weighted by atomic mass is 35.5. The first kappa shape index (κ1) is 31.9. The molecule has 4 rings (SSSR count). The molecule has 0 aliphatic carbocycles. The van der Waals surface area contributed by atoms with Gasteiger partial charge in [-0.1, -0.05) is 64.7 Å². The Morgan fingerprint density at radius 1 is 1.19 bits per heavy atom. The molecule has 3 N–H and O–H groups in total. The number of hydrogen-bond acceptors (Lipinski definition) is 7. The molecule has 2 atom stereocenters. The van der Waals surface area contributed by atoms with Crippen LogP contribution in [0.1, 0.15) is 41.2 Å². The van der Waals surface area contributed by atoms with E-state index in [0.717, 1.165) is 5.56 Å². The minimum absolute atomic E-state index is 0.0441. The molecule has 0 spiro atoms. The van der Waals surface area contributed by atoms with Crippen molar-refractivity contribution in [3.63, 3.8) is 0 Å². The topological polar surface area (TPSA) is 141 Å². The van der Waals surface area contributed by atoms with Gasteiger partial charge in [-0.05, 0) is 65.0 Å². The molecule has 3 aromatic rings. The highest BCUT2D eigenvalue weighted by molar-refractivity contribution is 6.35. The molecule has 12 heteroatoms. The first-order valence-corrected chi connectivity index (χ1v) is 14.4. The Morgan fingerprint density at radius 2 is 1.98 bits per heavy atom. The van der Waals surface area contributed by atoms with Gasteiger partial charge in [0, 0.05) is 46.5 Å². The molecular formula is C31H32Cl2N6O4. The lowest BCUT2D eigenvalue weighted by atomic mass is 9.83. The van der Waals surface area contributed by atoms with Gasteiger partial charge in [-0.15, -0.1) is 6.58 Å². The Kier molecular flexibility index (Phi) is 11.4. The van der Waals surface area contributed by atoms with Crippen LogP contribution in [0.15, 0.2) is 89.5 Å². The minimum Gasteiger partial charge on any atom is -0.494 e. The Labute approximate surface area is 259 Å². The number of benzene rings is 3. The highest BCUT2D eigenvalue weighted by Gasteiger charge is 2.53. The molecule has 1 aliphatic heterocycles. The van der Waals surface area contributed by atoms with Crippen LogP contribution in [0, 0.1) is 0 Å². The lowest BCUT2D eigenvalue weighted by Gasteiger charge is -2.30. The number of amides is 1. The third kappa shape index (κ3) is 7.87. The van der Waals surface area contributed by atoms with E-state index in [1.807, 2.05) is 30.3 Å². The maximum atomic E-state index is 14.0. The summed E-state index contributed by atoms with van der Waals surface area (Å²) in [5.74, 6) is 0.486. The van der Waals surface area contributed by atoms with Crippen LogP contribution in [0.3, 0.4) is 0 Å². The van der Waals surface area contributed by atoms with Crippen LogP contribution in [0.25, 0.3) is 10.4 Å². The maximum absolute atomic E-state index is 14.0. The predicted octanol–water partition coefficient (Wildman–Crippen LogP) is 6.26. The van der Waals surface area contributed by atoms with Crippen molar-refractivity contribution in [1.82, 2.24) is 10.9 Å². The zero-order valence-electron chi connectivity index (χ0n) is 23.4. The molecule has 0 fully saturated rings. The average Bonchev–Trinajstić information content (AvgIpc) is 3.40. The fourth-order valence-electron chi connectivity index (χ4n) is 4.73. The van der Waals surface area contributed by atoms with E-state index in [4.69, 9.17) is 48.3 Å². The van der Waals surface area contributed by atoms with Gasteiger partial charge in [-0.2, -0.15) is 0 Å². The lowest BCUT2D eigenvalue weighted by Crippen LogP contribution is -2.53. The van der Waals surface area contributed by atoms with Crippen LogP contribution in [0.4, 0.5) is 0 Å². The van der Waals surface area contributed by atoms with E-state index in [9.17, 15) is 4.79 Å².